The topological polar surface area (TPSA) is 79.1 Å². The van der Waals surface area contributed by atoms with E-state index in [1.807, 2.05) is 73.7 Å². The predicted octanol–water partition coefficient (Wildman–Crippen LogP) is 7.03. The van der Waals surface area contributed by atoms with Crippen molar-refractivity contribution in [2.24, 2.45) is 4.99 Å². The van der Waals surface area contributed by atoms with E-state index in [4.69, 9.17) is 30.8 Å². The van der Waals surface area contributed by atoms with E-state index in [-0.39, 0.29) is 11.7 Å². The third-order valence-electron chi connectivity index (χ3n) is 6.74. The summed E-state index contributed by atoms with van der Waals surface area (Å²) < 4.78 is 21.3. The van der Waals surface area contributed by atoms with Crippen LogP contribution >= 0.6 is 68.1 Å². The highest BCUT2D eigenvalue weighted by atomic mass is 127. The maximum absolute atomic E-state index is 14.0. The van der Waals surface area contributed by atoms with Crippen LogP contribution in [0.2, 0.25) is 5.02 Å². The van der Waals surface area contributed by atoms with Crippen LogP contribution in [0.4, 0.5) is 0 Å². The lowest BCUT2D eigenvalue weighted by atomic mass is 9.96. The molecule has 0 radical (unpaired) electrons. The zero-order valence-corrected chi connectivity index (χ0v) is 30.3. The number of thiazole rings is 1. The molecule has 0 bridgehead atoms. The number of nitrogens with zero attached hydrogens (tertiary/aromatic N) is 2. The van der Waals surface area contributed by atoms with Gasteiger partial charge in [-0.2, -0.15) is 0 Å². The number of hydrogen-bond acceptors (Lipinski definition) is 7. The number of fused-ring (bicyclic) bond motifs is 1. The van der Waals surface area contributed by atoms with Gasteiger partial charge in [-0.3, -0.25) is 9.36 Å². The molecule has 0 unspecified atom stereocenters. The first-order valence-electron chi connectivity index (χ1n) is 13.9. The number of ether oxygens (including phenoxy) is 3. The van der Waals surface area contributed by atoms with Gasteiger partial charge in [-0.25, -0.2) is 9.79 Å². The molecule has 1 aliphatic heterocycles. The van der Waals surface area contributed by atoms with Gasteiger partial charge in [-0.1, -0.05) is 53.3 Å². The highest BCUT2D eigenvalue weighted by Crippen LogP contribution is 2.33. The van der Waals surface area contributed by atoms with Gasteiger partial charge < -0.3 is 14.2 Å². The number of hydrogen-bond donors (Lipinski definition) is 0. The molecule has 0 saturated carbocycles. The first-order chi connectivity index (χ1) is 21.1. The van der Waals surface area contributed by atoms with Crippen molar-refractivity contribution in [3.63, 3.8) is 0 Å². The van der Waals surface area contributed by atoms with Crippen LogP contribution in [0.1, 0.15) is 50.4 Å². The van der Waals surface area contributed by atoms with E-state index in [9.17, 15) is 9.59 Å². The molecule has 0 fully saturated rings. The van der Waals surface area contributed by atoms with Gasteiger partial charge in [-0.05, 0) is 120 Å². The molecule has 228 valence electrons. The zero-order chi connectivity index (χ0) is 31.5. The Kier molecular flexibility index (Phi) is 10.5. The highest BCUT2D eigenvalue weighted by molar-refractivity contribution is 14.1. The van der Waals surface area contributed by atoms with Gasteiger partial charge in [-0.15, -0.1) is 0 Å². The third kappa shape index (κ3) is 7.08. The monoisotopic (exact) mass is 854 g/mol. The van der Waals surface area contributed by atoms with Crippen molar-refractivity contribution in [2.45, 2.75) is 46.4 Å². The average molecular weight is 855 g/mol. The quantitative estimate of drug-likeness (QED) is 0.134. The minimum absolute atomic E-state index is 0.237. The average Bonchev–Trinajstić information content (AvgIpc) is 3.26. The minimum Gasteiger partial charge on any atom is -0.494 e. The van der Waals surface area contributed by atoms with Crippen LogP contribution in [0.25, 0.3) is 6.08 Å². The van der Waals surface area contributed by atoms with Gasteiger partial charge >= 0.3 is 5.97 Å². The number of rotatable bonds is 9. The summed E-state index contributed by atoms with van der Waals surface area (Å²) in [6, 6.07) is 18.3. The zero-order valence-electron chi connectivity index (χ0n) is 24.4. The van der Waals surface area contributed by atoms with E-state index in [1.54, 1.807) is 25.3 Å². The van der Waals surface area contributed by atoms with Gasteiger partial charge in [0.15, 0.2) is 4.80 Å². The van der Waals surface area contributed by atoms with Crippen LogP contribution in [-0.2, 0) is 16.1 Å². The van der Waals surface area contributed by atoms with E-state index >= 15 is 0 Å². The molecule has 1 aliphatic rings. The third-order valence-corrected chi connectivity index (χ3v) is 9.69. The summed E-state index contributed by atoms with van der Waals surface area (Å²) >= 11 is 12.1. The van der Waals surface area contributed by atoms with Gasteiger partial charge in [0, 0.05) is 10.6 Å². The van der Waals surface area contributed by atoms with Crippen LogP contribution in [0, 0.1) is 7.14 Å². The molecule has 0 spiro atoms. The Morgan fingerprint density at radius 1 is 1.09 bits per heavy atom. The minimum atomic E-state index is -0.698. The van der Waals surface area contributed by atoms with E-state index in [1.165, 1.54) is 11.3 Å². The number of benzene rings is 3. The Labute approximate surface area is 291 Å². The number of halogens is 3. The number of carbonyl (C=O) groups excluding carboxylic acids is 1. The Morgan fingerprint density at radius 3 is 2.41 bits per heavy atom. The van der Waals surface area contributed by atoms with Crippen molar-refractivity contribution in [1.82, 2.24) is 4.57 Å². The smallest absolute Gasteiger partial charge is 0.338 e. The molecule has 0 aliphatic carbocycles. The van der Waals surface area contributed by atoms with Crippen molar-refractivity contribution < 1.29 is 19.0 Å². The lowest BCUT2D eigenvalue weighted by Crippen LogP contribution is -2.40. The molecule has 4 aromatic rings. The van der Waals surface area contributed by atoms with E-state index in [2.05, 4.69) is 45.2 Å². The van der Waals surface area contributed by atoms with E-state index in [0.717, 1.165) is 29.6 Å². The number of carbonyl (C=O) groups is 1. The summed E-state index contributed by atoms with van der Waals surface area (Å²) in [6.07, 6.45) is 1.53. The molecule has 3 aromatic carbocycles. The first-order valence-corrected chi connectivity index (χ1v) is 17.2. The number of esters is 1. The second-order valence-electron chi connectivity index (χ2n) is 10.2. The second-order valence-corrected chi connectivity index (χ2v) is 14.0. The molecule has 1 atom stereocenters. The van der Waals surface area contributed by atoms with Crippen molar-refractivity contribution in [1.29, 1.82) is 0 Å². The summed E-state index contributed by atoms with van der Waals surface area (Å²) in [4.78, 5) is 32.6. The standard InChI is InChI=1S/C33H29ClI2N2O5S/c1-5-41-23-12-10-21(11-13-23)29-28(32(40)43-18(2)3)19(4)37-33-38(29)31(39)27(44-33)16-20-14-25(35)30(26(36)15-20)42-17-22-8-6-7-9-24(22)34/h6-16,18,29H,5,17H2,1-4H3/b27-16+/t29-/m1/s1. The SMILES string of the molecule is CCOc1ccc([C@@H]2C(C(=O)OC(C)C)=C(C)N=c3s/c(=C/c4cc(I)c(OCc5ccccc5Cl)c(I)c4)c(=O)n32)cc1. The van der Waals surface area contributed by atoms with Gasteiger partial charge in [0.25, 0.3) is 5.56 Å². The molecule has 0 amide bonds. The largest absolute Gasteiger partial charge is 0.494 e. The summed E-state index contributed by atoms with van der Waals surface area (Å²) in [6.45, 7) is 8.17. The van der Waals surface area contributed by atoms with Crippen LogP contribution in [-0.4, -0.2) is 23.2 Å². The lowest BCUT2D eigenvalue weighted by molar-refractivity contribution is -0.143. The van der Waals surface area contributed by atoms with Crippen LogP contribution < -0.4 is 24.4 Å². The number of allylic oxidation sites excluding steroid dienone is 1. The predicted molar refractivity (Wildman–Crippen MR) is 190 cm³/mol. The first kappa shape index (κ1) is 32.7. The molecule has 5 rings (SSSR count). The molecular weight excluding hydrogens is 826 g/mol. The second kappa shape index (κ2) is 14.2. The molecule has 1 aromatic heterocycles. The lowest BCUT2D eigenvalue weighted by Gasteiger charge is -2.25. The van der Waals surface area contributed by atoms with Crippen molar-refractivity contribution in [3.8, 4) is 11.5 Å². The Hall–Kier alpha value is -2.68. The summed E-state index contributed by atoms with van der Waals surface area (Å²) in [5.74, 6) is 0.967. The van der Waals surface area contributed by atoms with E-state index in [0.29, 0.717) is 44.6 Å². The molecular formula is C33H29ClI2N2O5S. The summed E-state index contributed by atoms with van der Waals surface area (Å²) in [5, 5.41) is 0.656. The maximum atomic E-state index is 14.0. The van der Waals surface area contributed by atoms with Crippen LogP contribution in [0.3, 0.4) is 0 Å². The Balaban J connectivity index is 1.55. The molecule has 11 heteroatoms. The van der Waals surface area contributed by atoms with Crippen LogP contribution in [0.5, 0.6) is 11.5 Å². The van der Waals surface area contributed by atoms with E-state index < -0.39 is 12.0 Å². The fourth-order valence-electron chi connectivity index (χ4n) is 4.81. The molecule has 0 N–H and O–H groups in total. The summed E-state index contributed by atoms with van der Waals surface area (Å²) in [7, 11) is 0. The summed E-state index contributed by atoms with van der Waals surface area (Å²) in [5.41, 5.74) is 3.13. The van der Waals surface area contributed by atoms with Gasteiger partial charge in [0.1, 0.15) is 18.1 Å². The molecule has 7 nitrogen and oxygen atoms in total. The normalized spacial score (nSPS) is 14.8. The molecule has 2 heterocycles. The van der Waals surface area contributed by atoms with Gasteiger partial charge in [0.2, 0.25) is 0 Å². The van der Waals surface area contributed by atoms with Crippen molar-refractivity contribution in [2.75, 3.05) is 6.61 Å². The Morgan fingerprint density at radius 2 is 1.77 bits per heavy atom. The molecule has 0 saturated heterocycles. The fourth-order valence-corrected chi connectivity index (χ4v) is 8.17. The van der Waals surface area contributed by atoms with Crippen molar-refractivity contribution >= 4 is 80.2 Å². The Bertz CT molecular complexity index is 1910. The van der Waals surface area contributed by atoms with Crippen LogP contribution in [0.15, 0.2) is 81.7 Å². The highest BCUT2D eigenvalue weighted by Gasteiger charge is 2.33. The maximum Gasteiger partial charge on any atom is 0.338 e. The number of aromatic nitrogens is 1. The fraction of sp³-hybridized carbons (Fsp3) is 0.242. The van der Waals surface area contributed by atoms with Crippen molar-refractivity contribution in [3.05, 3.63) is 120 Å². The molecule has 44 heavy (non-hydrogen) atoms. The van der Waals surface area contributed by atoms with Gasteiger partial charge in [0.05, 0.1) is 41.7 Å².